The van der Waals surface area contributed by atoms with Crippen molar-refractivity contribution in [3.63, 3.8) is 0 Å². The molecule has 0 bridgehead atoms. The highest BCUT2D eigenvalue weighted by Crippen LogP contribution is 2.50. The summed E-state index contributed by atoms with van der Waals surface area (Å²) in [6, 6.07) is 56.9. The average molecular weight is 762 g/mol. The zero-order valence-corrected chi connectivity index (χ0v) is 33.9. The number of hydrogen-bond donors (Lipinski definition) is 0. The van der Waals surface area contributed by atoms with Crippen molar-refractivity contribution in [3.05, 3.63) is 190 Å². The maximum absolute atomic E-state index is 7.02. The van der Waals surface area contributed by atoms with Crippen LogP contribution in [-0.4, -0.2) is 6.71 Å². The van der Waals surface area contributed by atoms with E-state index in [1.165, 1.54) is 65.4 Å². The second-order valence-corrected chi connectivity index (χ2v) is 16.8. The molecule has 4 heteroatoms. The van der Waals surface area contributed by atoms with Gasteiger partial charge in [-0.3, -0.25) is 0 Å². The molecule has 0 fully saturated rings. The van der Waals surface area contributed by atoms with Gasteiger partial charge in [-0.2, -0.15) is 0 Å². The van der Waals surface area contributed by atoms with Crippen molar-refractivity contribution < 1.29 is 9.47 Å². The normalized spacial score (nSPS) is 14.3. The standard InChI is InChI=1S/C55H44BNO2/c1-35-15-14-24-51-53(35)56(54-36(2)42-18-8-9-19-43(42)44-20-10-11-21-45(44)54)48-31-29-41(34-52(48)59-51)57(39-27-25-38(26-28-39)37-16-6-5-7-17-37)40-30-32-50-47(33-40)55(3,4)46-22-12-13-23-49(46)58-50/h5-7,10-34H,8-9H2,1-4H3. The van der Waals surface area contributed by atoms with Crippen LogP contribution in [0.3, 0.4) is 0 Å². The summed E-state index contributed by atoms with van der Waals surface area (Å²) < 4.78 is 13.5. The van der Waals surface area contributed by atoms with Crippen molar-refractivity contribution >= 4 is 63.1 Å². The van der Waals surface area contributed by atoms with E-state index >= 15 is 0 Å². The van der Waals surface area contributed by atoms with Crippen molar-refractivity contribution in [3.8, 4) is 34.1 Å². The van der Waals surface area contributed by atoms with Gasteiger partial charge < -0.3 is 14.4 Å². The summed E-state index contributed by atoms with van der Waals surface area (Å²) in [5, 5.41) is 5.38. The van der Waals surface area contributed by atoms with E-state index in [2.05, 4.69) is 196 Å². The number of anilines is 3. The largest absolute Gasteiger partial charge is 0.458 e. The second kappa shape index (κ2) is 13.7. The van der Waals surface area contributed by atoms with E-state index in [9.17, 15) is 0 Å². The van der Waals surface area contributed by atoms with E-state index in [0.717, 1.165) is 58.5 Å². The van der Waals surface area contributed by atoms with E-state index in [0.29, 0.717) is 0 Å². The first-order valence-corrected chi connectivity index (χ1v) is 20.9. The summed E-state index contributed by atoms with van der Waals surface area (Å²) in [5.41, 5.74) is 14.0. The van der Waals surface area contributed by atoms with Crippen molar-refractivity contribution in [1.82, 2.24) is 0 Å². The molecule has 0 radical (unpaired) electrons. The minimum atomic E-state index is -0.262. The molecule has 1 aliphatic carbocycles. The maximum Gasteiger partial charge on any atom is 0.252 e. The molecular weight excluding hydrogens is 717 g/mol. The Morgan fingerprint density at radius 2 is 1.12 bits per heavy atom. The molecule has 284 valence electrons. The van der Waals surface area contributed by atoms with Crippen LogP contribution < -0.4 is 41.2 Å². The molecule has 2 heterocycles. The number of hydrogen-bond acceptors (Lipinski definition) is 3. The van der Waals surface area contributed by atoms with E-state index in [4.69, 9.17) is 9.47 Å². The Balaban J connectivity index is 1.11. The molecule has 2 aliphatic heterocycles. The third kappa shape index (κ3) is 5.65. The molecule has 3 nitrogen and oxygen atoms in total. The van der Waals surface area contributed by atoms with Crippen LogP contribution in [0.4, 0.5) is 17.1 Å². The van der Waals surface area contributed by atoms with Gasteiger partial charge in [-0.1, -0.05) is 140 Å². The highest BCUT2D eigenvalue weighted by molar-refractivity contribution is 6.98. The molecule has 0 amide bonds. The summed E-state index contributed by atoms with van der Waals surface area (Å²) in [6.45, 7) is 9.15. The Bertz CT molecular complexity index is 3110. The molecule has 8 aromatic carbocycles. The quantitative estimate of drug-likeness (QED) is 0.163. The second-order valence-electron chi connectivity index (χ2n) is 16.8. The first-order chi connectivity index (χ1) is 28.8. The van der Waals surface area contributed by atoms with Crippen LogP contribution in [0.5, 0.6) is 23.0 Å². The predicted molar refractivity (Wildman–Crippen MR) is 247 cm³/mol. The summed E-state index contributed by atoms with van der Waals surface area (Å²) in [7, 11) is 0. The minimum absolute atomic E-state index is 0.00473. The lowest BCUT2D eigenvalue weighted by molar-refractivity contribution is 0.418. The first-order valence-electron chi connectivity index (χ1n) is 20.9. The SMILES string of the molecule is Cc1cccc2c1B(c1c(C)c3c(c4ccccc14)=CCCC=3)c1ccc(N(c3ccc(-c4ccccc4)cc3)c3ccc4c(c3)C(C)(C)c3ccccc3O4)cc1O2. The highest BCUT2D eigenvalue weighted by Gasteiger charge is 2.38. The number of para-hydroxylation sites is 1. The molecule has 0 atom stereocenters. The van der Waals surface area contributed by atoms with Gasteiger partial charge in [-0.25, -0.2) is 0 Å². The summed E-state index contributed by atoms with van der Waals surface area (Å²) >= 11 is 0. The number of ether oxygens (including phenoxy) is 2. The lowest BCUT2D eigenvalue weighted by Crippen LogP contribution is -2.58. The Morgan fingerprint density at radius 3 is 1.95 bits per heavy atom. The van der Waals surface area contributed by atoms with Crippen LogP contribution in [0.25, 0.3) is 34.1 Å². The van der Waals surface area contributed by atoms with Gasteiger partial charge in [0.1, 0.15) is 23.0 Å². The molecule has 0 spiro atoms. The fourth-order valence-electron chi connectivity index (χ4n) is 10.1. The minimum Gasteiger partial charge on any atom is -0.458 e. The maximum atomic E-state index is 7.02. The number of aryl methyl sites for hydroxylation is 1. The van der Waals surface area contributed by atoms with Crippen LogP contribution in [0.1, 0.15) is 48.9 Å². The summed E-state index contributed by atoms with van der Waals surface area (Å²) in [6.07, 6.45) is 7.03. The molecule has 0 N–H and O–H groups in total. The molecular formula is C55H44BNO2. The van der Waals surface area contributed by atoms with Crippen LogP contribution >= 0.6 is 0 Å². The summed E-state index contributed by atoms with van der Waals surface area (Å²) in [4.78, 5) is 2.36. The molecule has 0 saturated heterocycles. The van der Waals surface area contributed by atoms with E-state index in [-0.39, 0.29) is 12.1 Å². The van der Waals surface area contributed by atoms with Gasteiger partial charge in [0.25, 0.3) is 6.71 Å². The van der Waals surface area contributed by atoms with Crippen molar-refractivity contribution in [2.24, 2.45) is 0 Å². The smallest absolute Gasteiger partial charge is 0.252 e. The van der Waals surface area contributed by atoms with Gasteiger partial charge in [0.2, 0.25) is 0 Å². The number of fused-ring (bicyclic) bond motifs is 7. The predicted octanol–water partition coefficient (Wildman–Crippen LogP) is 11.0. The molecule has 3 aliphatic rings. The van der Waals surface area contributed by atoms with Crippen LogP contribution in [0.15, 0.2) is 158 Å². The van der Waals surface area contributed by atoms with Crippen molar-refractivity contribution in [2.75, 3.05) is 4.90 Å². The third-order valence-electron chi connectivity index (χ3n) is 13.0. The zero-order chi connectivity index (χ0) is 39.8. The molecule has 11 rings (SSSR count). The van der Waals surface area contributed by atoms with E-state index < -0.39 is 0 Å². The van der Waals surface area contributed by atoms with Gasteiger partial charge >= 0.3 is 0 Å². The lowest BCUT2D eigenvalue weighted by atomic mass is 9.34. The summed E-state index contributed by atoms with van der Waals surface area (Å²) in [5.74, 6) is 3.61. The third-order valence-corrected chi connectivity index (χ3v) is 13.0. The van der Waals surface area contributed by atoms with Crippen molar-refractivity contribution in [2.45, 2.75) is 46.0 Å². The Labute approximate surface area is 346 Å². The van der Waals surface area contributed by atoms with Crippen LogP contribution in [0, 0.1) is 13.8 Å². The monoisotopic (exact) mass is 761 g/mol. The molecule has 0 unspecified atom stereocenters. The number of benzene rings is 8. The Kier molecular flexibility index (Phi) is 8.20. The molecule has 0 aromatic heterocycles. The Hall–Kier alpha value is -6.78. The number of nitrogens with zero attached hydrogens (tertiary/aromatic N) is 1. The van der Waals surface area contributed by atoms with E-state index in [1.54, 1.807) is 0 Å². The van der Waals surface area contributed by atoms with Crippen LogP contribution in [0.2, 0.25) is 0 Å². The molecule has 59 heavy (non-hydrogen) atoms. The van der Waals surface area contributed by atoms with Crippen LogP contribution in [-0.2, 0) is 5.41 Å². The van der Waals surface area contributed by atoms with Gasteiger partial charge in [0.05, 0.1) is 0 Å². The lowest BCUT2D eigenvalue weighted by Gasteiger charge is -2.36. The highest BCUT2D eigenvalue weighted by atomic mass is 16.5. The van der Waals surface area contributed by atoms with Crippen molar-refractivity contribution in [1.29, 1.82) is 0 Å². The van der Waals surface area contributed by atoms with E-state index in [1.807, 2.05) is 6.07 Å². The van der Waals surface area contributed by atoms with Gasteiger partial charge in [0.15, 0.2) is 0 Å². The fourth-order valence-corrected chi connectivity index (χ4v) is 10.1. The molecule has 8 aromatic rings. The topological polar surface area (TPSA) is 21.7 Å². The zero-order valence-electron chi connectivity index (χ0n) is 33.9. The fraction of sp³-hybridized carbons (Fsp3) is 0.127. The first kappa shape index (κ1) is 35.4. The van der Waals surface area contributed by atoms with Gasteiger partial charge in [-0.05, 0) is 124 Å². The average Bonchev–Trinajstić information content (AvgIpc) is 3.27. The van der Waals surface area contributed by atoms with Gasteiger partial charge in [0, 0.05) is 39.7 Å². The Morgan fingerprint density at radius 1 is 0.492 bits per heavy atom. The molecule has 0 saturated carbocycles. The van der Waals surface area contributed by atoms with Gasteiger partial charge in [-0.15, -0.1) is 0 Å². The number of rotatable bonds is 5.